The molecular formula is C28H26F3N3O5S2. The fraction of sp³-hybridized carbons (Fsp3) is 0.250. The van der Waals surface area contributed by atoms with Crippen LogP contribution in [0.15, 0.2) is 71.8 Å². The van der Waals surface area contributed by atoms with Crippen LogP contribution in [-0.2, 0) is 22.4 Å². The summed E-state index contributed by atoms with van der Waals surface area (Å²) in [5.41, 5.74) is 0.992. The van der Waals surface area contributed by atoms with Gasteiger partial charge in [-0.25, -0.2) is 13.4 Å². The Morgan fingerprint density at radius 1 is 1.05 bits per heavy atom. The predicted octanol–water partition coefficient (Wildman–Crippen LogP) is 5.84. The zero-order valence-electron chi connectivity index (χ0n) is 22.0. The molecule has 0 aliphatic heterocycles. The molecule has 0 aliphatic rings. The van der Waals surface area contributed by atoms with Gasteiger partial charge in [-0.1, -0.05) is 37.3 Å². The van der Waals surface area contributed by atoms with E-state index in [4.69, 9.17) is 4.74 Å². The van der Waals surface area contributed by atoms with Gasteiger partial charge in [0.05, 0.1) is 40.1 Å². The van der Waals surface area contributed by atoms with Crippen LogP contribution in [0, 0.1) is 0 Å². The van der Waals surface area contributed by atoms with Gasteiger partial charge in [-0.05, 0) is 60.5 Å². The number of thiazole rings is 1. The van der Waals surface area contributed by atoms with Crippen LogP contribution in [0.1, 0.15) is 46.3 Å². The van der Waals surface area contributed by atoms with E-state index in [-0.39, 0.29) is 27.2 Å². The first kappa shape index (κ1) is 30.2. The lowest BCUT2D eigenvalue weighted by atomic mass is 10.1. The van der Waals surface area contributed by atoms with Gasteiger partial charge >= 0.3 is 6.18 Å². The number of rotatable bonds is 10. The summed E-state index contributed by atoms with van der Waals surface area (Å²) in [7, 11) is -3.37. The van der Waals surface area contributed by atoms with Crippen LogP contribution in [0.2, 0.25) is 0 Å². The molecule has 2 N–H and O–H groups in total. The second-order valence-electron chi connectivity index (χ2n) is 8.84. The Bertz CT molecular complexity index is 1600. The van der Waals surface area contributed by atoms with E-state index in [1.165, 1.54) is 41.8 Å². The van der Waals surface area contributed by atoms with Gasteiger partial charge < -0.3 is 15.2 Å². The van der Waals surface area contributed by atoms with Crippen molar-refractivity contribution in [2.45, 2.75) is 37.4 Å². The highest BCUT2D eigenvalue weighted by molar-refractivity contribution is 7.91. The van der Waals surface area contributed by atoms with E-state index in [9.17, 15) is 31.5 Å². The van der Waals surface area contributed by atoms with E-state index in [1.807, 2.05) is 6.92 Å². The quantitative estimate of drug-likeness (QED) is 0.233. The molecule has 8 nitrogen and oxygen atoms in total. The molecule has 13 heteroatoms. The first-order chi connectivity index (χ1) is 19.4. The van der Waals surface area contributed by atoms with Crippen molar-refractivity contribution < 1.29 is 36.2 Å². The van der Waals surface area contributed by atoms with Gasteiger partial charge in [0.15, 0.2) is 9.84 Å². The number of aryl methyl sites for hydroxylation is 1. The van der Waals surface area contributed by atoms with Crippen LogP contribution >= 0.6 is 11.3 Å². The molecule has 4 aromatic rings. The minimum Gasteiger partial charge on any atom is -0.431 e. The van der Waals surface area contributed by atoms with Crippen molar-refractivity contribution in [3.05, 3.63) is 88.4 Å². The number of benzene rings is 2. The maximum atomic E-state index is 12.9. The number of hydrogen-bond donors (Lipinski definition) is 2. The summed E-state index contributed by atoms with van der Waals surface area (Å²) < 4.78 is 68.2. The molecule has 216 valence electrons. The average molecular weight is 606 g/mol. The fourth-order valence-electron chi connectivity index (χ4n) is 3.84. The molecule has 2 heterocycles. The van der Waals surface area contributed by atoms with Crippen LogP contribution < -0.4 is 10.1 Å². The number of carbonyl (C=O) groups excluding carboxylic acids is 1. The number of aliphatic hydroxyl groups is 1. The summed E-state index contributed by atoms with van der Waals surface area (Å²) >= 11 is 1.24. The maximum Gasteiger partial charge on any atom is 0.416 e. The van der Waals surface area contributed by atoms with Gasteiger partial charge in [0.2, 0.25) is 0 Å². The van der Waals surface area contributed by atoms with Crippen molar-refractivity contribution in [1.82, 2.24) is 15.3 Å². The monoisotopic (exact) mass is 605 g/mol. The Morgan fingerprint density at radius 2 is 1.73 bits per heavy atom. The smallest absolute Gasteiger partial charge is 0.416 e. The average Bonchev–Trinajstić information content (AvgIpc) is 3.38. The predicted molar refractivity (Wildman–Crippen MR) is 148 cm³/mol. The summed E-state index contributed by atoms with van der Waals surface area (Å²) in [6.45, 7) is 3.06. The second kappa shape index (κ2) is 12.4. The number of aliphatic hydroxyl groups excluding tert-OH is 1. The number of hydrogen-bond acceptors (Lipinski definition) is 8. The van der Waals surface area contributed by atoms with Crippen molar-refractivity contribution in [1.29, 1.82) is 0 Å². The Labute approximate surface area is 238 Å². The molecule has 0 aliphatic carbocycles. The first-order valence-corrected chi connectivity index (χ1v) is 15.0. The van der Waals surface area contributed by atoms with E-state index in [0.717, 1.165) is 17.0 Å². The molecule has 2 aromatic carbocycles. The number of sulfone groups is 1. The molecular weight excluding hydrogens is 579 g/mol. The minimum absolute atomic E-state index is 0.0380. The molecule has 2 aromatic heterocycles. The number of alkyl halides is 3. The van der Waals surface area contributed by atoms with E-state index >= 15 is 0 Å². The number of carbonyl (C=O) groups is 1. The molecule has 0 bridgehead atoms. The van der Waals surface area contributed by atoms with E-state index < -0.39 is 40.1 Å². The Morgan fingerprint density at radius 3 is 2.27 bits per heavy atom. The fourth-order valence-corrected chi connectivity index (χ4v) is 5.61. The van der Waals surface area contributed by atoms with Crippen molar-refractivity contribution in [2.75, 3.05) is 12.4 Å². The third kappa shape index (κ3) is 7.10. The lowest BCUT2D eigenvalue weighted by Gasteiger charge is -2.17. The lowest BCUT2D eigenvalue weighted by Crippen LogP contribution is -2.30. The highest BCUT2D eigenvalue weighted by Crippen LogP contribution is 2.36. The van der Waals surface area contributed by atoms with E-state index in [1.54, 1.807) is 31.2 Å². The minimum atomic E-state index is -4.44. The molecule has 0 saturated carbocycles. The highest BCUT2D eigenvalue weighted by atomic mass is 32.2. The molecule has 1 unspecified atom stereocenters. The van der Waals surface area contributed by atoms with Crippen LogP contribution in [-0.4, -0.2) is 41.8 Å². The number of aromatic nitrogens is 2. The third-order valence-corrected chi connectivity index (χ3v) is 8.99. The Kier molecular flexibility index (Phi) is 9.10. The number of amides is 1. The number of nitrogens with one attached hydrogen (secondary N) is 1. The van der Waals surface area contributed by atoms with Gasteiger partial charge in [0.1, 0.15) is 11.4 Å². The highest BCUT2D eigenvalue weighted by Gasteiger charge is 2.30. The van der Waals surface area contributed by atoms with Crippen molar-refractivity contribution in [3.63, 3.8) is 0 Å². The number of pyridine rings is 1. The Balaban J connectivity index is 1.46. The summed E-state index contributed by atoms with van der Waals surface area (Å²) in [5.74, 6) is -0.321. The van der Waals surface area contributed by atoms with Gasteiger partial charge in [0, 0.05) is 11.1 Å². The topological polar surface area (TPSA) is 118 Å². The Hall–Kier alpha value is -3.81. The van der Waals surface area contributed by atoms with Gasteiger partial charge in [-0.2, -0.15) is 13.2 Å². The molecule has 0 fully saturated rings. The molecule has 1 amide bonds. The largest absolute Gasteiger partial charge is 0.431 e. The van der Waals surface area contributed by atoms with Crippen molar-refractivity contribution in [2.24, 2.45) is 0 Å². The zero-order chi connectivity index (χ0) is 29.8. The standard InChI is InChI=1S/C28H26F3N3O5S2/c1-3-24-25(34-27(40-24)39-20-10-8-19(9-11-20)28(29,30)31)22-14-7-18(15-32-22)26(36)33-23(16-35)17-5-12-21(13-6-17)41(37,38)4-2/h5-15,23,35H,3-4,16H2,1-2H3,(H,33,36). The molecule has 41 heavy (non-hydrogen) atoms. The number of nitrogens with zero attached hydrogens (tertiary/aromatic N) is 2. The van der Waals surface area contributed by atoms with Gasteiger partial charge in [-0.3, -0.25) is 9.78 Å². The van der Waals surface area contributed by atoms with E-state index in [2.05, 4.69) is 15.3 Å². The first-order valence-electron chi connectivity index (χ1n) is 12.5. The summed E-state index contributed by atoms with van der Waals surface area (Å²) in [6, 6.07) is 12.7. The second-order valence-corrected chi connectivity index (χ2v) is 12.2. The zero-order valence-corrected chi connectivity index (χ0v) is 23.6. The van der Waals surface area contributed by atoms with Crippen molar-refractivity contribution >= 4 is 27.1 Å². The normalized spacial score (nSPS) is 12.6. The third-order valence-electron chi connectivity index (χ3n) is 6.16. The van der Waals surface area contributed by atoms with E-state index in [0.29, 0.717) is 23.4 Å². The molecule has 1 atom stereocenters. The molecule has 0 radical (unpaired) electrons. The number of ether oxygens (including phenoxy) is 1. The van der Waals surface area contributed by atoms with Crippen LogP contribution in [0.3, 0.4) is 0 Å². The van der Waals surface area contributed by atoms with Crippen LogP contribution in [0.25, 0.3) is 11.4 Å². The van der Waals surface area contributed by atoms with Gasteiger partial charge in [0.25, 0.3) is 11.1 Å². The summed E-state index contributed by atoms with van der Waals surface area (Å²) in [5, 5.41) is 12.8. The molecule has 4 rings (SSSR count). The van der Waals surface area contributed by atoms with Crippen molar-refractivity contribution in [3.8, 4) is 22.3 Å². The molecule has 0 spiro atoms. The SMILES string of the molecule is CCc1sc(Oc2ccc(C(F)(F)F)cc2)nc1-c1ccc(C(=O)NC(CO)c2ccc(S(=O)(=O)CC)cc2)cn1. The summed E-state index contributed by atoms with van der Waals surface area (Å²) in [6.07, 6.45) is -2.48. The van der Waals surface area contributed by atoms with Gasteiger partial charge in [-0.15, -0.1) is 0 Å². The van der Waals surface area contributed by atoms with Crippen LogP contribution in [0.5, 0.6) is 10.9 Å². The van der Waals surface area contributed by atoms with Crippen LogP contribution in [0.4, 0.5) is 13.2 Å². The molecule has 0 saturated heterocycles. The maximum absolute atomic E-state index is 12.9. The summed E-state index contributed by atoms with van der Waals surface area (Å²) in [4.78, 5) is 22.7. The number of halogens is 3. The lowest BCUT2D eigenvalue weighted by molar-refractivity contribution is -0.137.